The molecule has 0 bridgehead atoms. The first-order chi connectivity index (χ1) is 18.8. The number of thiophene rings is 1. The molecule has 11 heteroatoms. The molecule has 0 spiro atoms. The van der Waals surface area contributed by atoms with Crippen molar-refractivity contribution in [1.82, 2.24) is 19.6 Å². The van der Waals surface area contributed by atoms with Gasteiger partial charge in [-0.2, -0.15) is 4.31 Å². The molecule has 39 heavy (non-hydrogen) atoms. The molecule has 2 aromatic heterocycles. The van der Waals surface area contributed by atoms with E-state index in [4.69, 9.17) is 0 Å². The summed E-state index contributed by atoms with van der Waals surface area (Å²) in [5.74, 6) is -0.470. The minimum atomic E-state index is -3.68. The van der Waals surface area contributed by atoms with Gasteiger partial charge >= 0.3 is 0 Å². The molecule has 2 atom stereocenters. The lowest BCUT2D eigenvalue weighted by atomic mass is 10.0. The third kappa shape index (κ3) is 6.05. The summed E-state index contributed by atoms with van der Waals surface area (Å²) in [5, 5.41) is 5.01. The standard InChI is InChI=1S/C28H33N5O4S2/c1-20-6-4-16-32(19-20)39(36,37)23-12-10-22(11-13-23)33(28(35)24-18-29-14-15-30-24)26(25-9-5-17-38-25)27(34)31-21-7-2-3-8-21/h5,9-15,17-18,20-21,26H,2-4,6-8,16,19H2,1H3,(H,31,34)/t20-,26-/m0/s1. The number of carbonyl (C=O) groups is 2. The Hall–Kier alpha value is -3.15. The van der Waals surface area contributed by atoms with Crippen molar-refractivity contribution in [3.8, 4) is 0 Å². The first-order valence-corrected chi connectivity index (χ1v) is 15.7. The second kappa shape index (κ2) is 11.9. The minimum Gasteiger partial charge on any atom is -0.351 e. The van der Waals surface area contributed by atoms with E-state index in [1.807, 2.05) is 17.5 Å². The van der Waals surface area contributed by atoms with Crippen LogP contribution in [0.4, 0.5) is 5.69 Å². The van der Waals surface area contributed by atoms with Crippen LogP contribution in [0.5, 0.6) is 0 Å². The van der Waals surface area contributed by atoms with Crippen molar-refractivity contribution >= 4 is 38.9 Å². The SMILES string of the molecule is C[C@H]1CCCN(S(=O)(=O)c2ccc(N(C(=O)c3cnccn3)[C@H](C(=O)NC3CCCC3)c3cccs3)cc2)C1. The van der Waals surface area contributed by atoms with Crippen molar-refractivity contribution in [3.05, 3.63) is 70.9 Å². The number of hydrogen-bond acceptors (Lipinski definition) is 7. The van der Waals surface area contributed by atoms with Gasteiger partial charge in [-0.05, 0) is 67.3 Å². The molecule has 1 aliphatic heterocycles. The van der Waals surface area contributed by atoms with E-state index in [1.165, 1.54) is 51.3 Å². The van der Waals surface area contributed by atoms with Gasteiger partial charge in [0.25, 0.3) is 5.91 Å². The molecule has 206 valence electrons. The molecule has 0 unspecified atom stereocenters. The Morgan fingerprint density at radius 3 is 2.49 bits per heavy atom. The van der Waals surface area contributed by atoms with Gasteiger partial charge in [0, 0.05) is 42.1 Å². The third-order valence-corrected chi connectivity index (χ3v) is 10.2. The van der Waals surface area contributed by atoms with Crippen LogP contribution < -0.4 is 10.2 Å². The normalized spacial score (nSPS) is 19.5. The summed E-state index contributed by atoms with van der Waals surface area (Å²) in [6.07, 6.45) is 10.0. The maximum atomic E-state index is 13.9. The van der Waals surface area contributed by atoms with Gasteiger partial charge in [0.05, 0.1) is 11.1 Å². The van der Waals surface area contributed by atoms with E-state index in [0.29, 0.717) is 29.6 Å². The van der Waals surface area contributed by atoms with Crippen LogP contribution in [0.3, 0.4) is 0 Å². The zero-order chi connectivity index (χ0) is 27.4. The molecular formula is C28H33N5O4S2. The van der Waals surface area contributed by atoms with Gasteiger partial charge in [-0.25, -0.2) is 13.4 Å². The molecule has 3 heterocycles. The second-order valence-corrected chi connectivity index (χ2v) is 13.2. The fraction of sp³-hybridized carbons (Fsp3) is 0.429. The highest BCUT2D eigenvalue weighted by atomic mass is 32.2. The molecule has 9 nitrogen and oxygen atoms in total. The molecule has 5 rings (SSSR count). The van der Waals surface area contributed by atoms with Crippen LogP contribution in [0.25, 0.3) is 0 Å². The Morgan fingerprint density at radius 1 is 1.08 bits per heavy atom. The van der Waals surface area contributed by atoms with Gasteiger partial charge in [0.15, 0.2) is 6.04 Å². The summed E-state index contributed by atoms with van der Waals surface area (Å²) in [6, 6.07) is 9.00. The lowest BCUT2D eigenvalue weighted by Crippen LogP contribution is -2.46. The number of anilines is 1. The predicted molar refractivity (Wildman–Crippen MR) is 150 cm³/mol. The number of nitrogens with one attached hydrogen (secondary N) is 1. The quantitative estimate of drug-likeness (QED) is 0.432. The van der Waals surface area contributed by atoms with E-state index in [2.05, 4.69) is 22.2 Å². The Kier molecular flexibility index (Phi) is 8.39. The summed E-state index contributed by atoms with van der Waals surface area (Å²) in [6.45, 7) is 3.04. The number of carbonyl (C=O) groups excluding carboxylic acids is 2. The molecule has 2 fully saturated rings. The molecule has 1 aliphatic carbocycles. The maximum Gasteiger partial charge on any atom is 0.279 e. The predicted octanol–water partition coefficient (Wildman–Crippen LogP) is 4.41. The summed E-state index contributed by atoms with van der Waals surface area (Å²) in [7, 11) is -3.68. The fourth-order valence-corrected chi connectivity index (χ4v) is 7.79. The molecule has 0 radical (unpaired) electrons. The number of aromatic nitrogens is 2. The zero-order valence-electron chi connectivity index (χ0n) is 21.9. The number of sulfonamides is 1. The van der Waals surface area contributed by atoms with Crippen LogP contribution >= 0.6 is 11.3 Å². The largest absolute Gasteiger partial charge is 0.351 e. The summed E-state index contributed by atoms with van der Waals surface area (Å²) in [4.78, 5) is 38.2. The van der Waals surface area contributed by atoms with Crippen molar-refractivity contribution in [3.63, 3.8) is 0 Å². The second-order valence-electron chi connectivity index (χ2n) is 10.3. The first kappa shape index (κ1) is 27.4. The van der Waals surface area contributed by atoms with Gasteiger partial charge in [-0.3, -0.25) is 19.5 Å². The number of amides is 2. The maximum absolute atomic E-state index is 13.9. The lowest BCUT2D eigenvalue weighted by Gasteiger charge is -2.32. The van der Waals surface area contributed by atoms with E-state index in [9.17, 15) is 18.0 Å². The first-order valence-electron chi connectivity index (χ1n) is 13.4. The monoisotopic (exact) mass is 567 g/mol. The van der Waals surface area contributed by atoms with E-state index in [1.54, 1.807) is 12.1 Å². The Morgan fingerprint density at radius 2 is 1.85 bits per heavy atom. The van der Waals surface area contributed by atoms with Crippen LogP contribution in [0.2, 0.25) is 0 Å². The molecule has 1 N–H and O–H groups in total. The van der Waals surface area contributed by atoms with Gasteiger partial charge in [-0.15, -0.1) is 11.3 Å². The molecule has 1 saturated heterocycles. The van der Waals surface area contributed by atoms with E-state index in [-0.39, 0.29) is 22.5 Å². The van der Waals surface area contributed by atoms with Crippen LogP contribution in [0.15, 0.2) is 65.3 Å². The summed E-state index contributed by atoms with van der Waals surface area (Å²) in [5.41, 5.74) is 0.489. The Labute approximate surface area is 233 Å². The summed E-state index contributed by atoms with van der Waals surface area (Å²) >= 11 is 1.39. The summed E-state index contributed by atoms with van der Waals surface area (Å²) < 4.78 is 28.2. The van der Waals surface area contributed by atoms with Gasteiger partial charge in [0.1, 0.15) is 5.69 Å². The van der Waals surface area contributed by atoms with Gasteiger partial charge in [0.2, 0.25) is 15.9 Å². The van der Waals surface area contributed by atoms with Gasteiger partial charge < -0.3 is 5.32 Å². The van der Waals surface area contributed by atoms with E-state index in [0.717, 1.165) is 38.5 Å². The van der Waals surface area contributed by atoms with E-state index >= 15 is 0 Å². The molecular weight excluding hydrogens is 534 g/mol. The smallest absolute Gasteiger partial charge is 0.279 e. The highest BCUT2D eigenvalue weighted by Crippen LogP contribution is 2.34. The van der Waals surface area contributed by atoms with Crippen LogP contribution in [0, 0.1) is 5.92 Å². The number of nitrogens with zero attached hydrogens (tertiary/aromatic N) is 4. The zero-order valence-corrected chi connectivity index (χ0v) is 23.5. The van der Waals surface area contributed by atoms with Crippen molar-refractivity contribution in [2.45, 2.75) is 62.4 Å². The molecule has 3 aromatic rings. The highest BCUT2D eigenvalue weighted by Gasteiger charge is 2.36. The third-order valence-electron chi connectivity index (χ3n) is 7.39. The van der Waals surface area contributed by atoms with Crippen LogP contribution in [0.1, 0.15) is 66.9 Å². The van der Waals surface area contributed by atoms with Gasteiger partial charge in [-0.1, -0.05) is 25.8 Å². The van der Waals surface area contributed by atoms with Crippen molar-refractivity contribution < 1.29 is 18.0 Å². The number of hydrogen-bond donors (Lipinski definition) is 1. The number of rotatable bonds is 8. The number of benzene rings is 1. The number of piperidine rings is 1. The van der Waals surface area contributed by atoms with Crippen molar-refractivity contribution in [2.24, 2.45) is 5.92 Å². The Bertz CT molecular complexity index is 1380. The van der Waals surface area contributed by atoms with Crippen LogP contribution in [-0.2, 0) is 14.8 Å². The molecule has 1 saturated carbocycles. The molecule has 2 amide bonds. The van der Waals surface area contributed by atoms with Crippen LogP contribution in [-0.4, -0.2) is 53.6 Å². The topological polar surface area (TPSA) is 113 Å². The highest BCUT2D eigenvalue weighted by molar-refractivity contribution is 7.89. The average Bonchev–Trinajstić information content (AvgIpc) is 3.67. The molecule has 2 aliphatic rings. The minimum absolute atomic E-state index is 0.0629. The average molecular weight is 568 g/mol. The van der Waals surface area contributed by atoms with Crippen molar-refractivity contribution in [1.29, 1.82) is 0 Å². The fourth-order valence-electron chi connectivity index (χ4n) is 5.38. The van der Waals surface area contributed by atoms with E-state index < -0.39 is 22.0 Å². The lowest BCUT2D eigenvalue weighted by molar-refractivity contribution is -0.123. The van der Waals surface area contributed by atoms with Crippen molar-refractivity contribution in [2.75, 3.05) is 18.0 Å². The molecule has 1 aromatic carbocycles. The Balaban J connectivity index is 1.52.